The minimum absolute atomic E-state index is 0.158. The van der Waals surface area contributed by atoms with Crippen LogP contribution in [0.1, 0.15) is 33.1 Å². The third-order valence-corrected chi connectivity index (χ3v) is 7.98. The third-order valence-electron chi connectivity index (χ3n) is 7.72. The molecule has 36 heavy (non-hydrogen) atoms. The molecule has 3 aliphatic rings. The summed E-state index contributed by atoms with van der Waals surface area (Å²) in [6.07, 6.45) is 4.69. The average Bonchev–Trinajstić information content (AvgIpc) is 3.43. The second-order valence-corrected chi connectivity index (χ2v) is 10.4. The van der Waals surface area contributed by atoms with Gasteiger partial charge >= 0.3 is 5.97 Å². The summed E-state index contributed by atoms with van der Waals surface area (Å²) in [6, 6.07) is 5.13. The highest BCUT2D eigenvalue weighted by Gasteiger charge is 2.79. The summed E-state index contributed by atoms with van der Waals surface area (Å²) in [5.74, 6) is -2.98. The van der Waals surface area contributed by atoms with Gasteiger partial charge in [-0.25, -0.2) is 0 Å². The first kappa shape index (κ1) is 26.4. The number of carbonyl (C=O) groups excluding carboxylic acids is 3. The molecule has 3 saturated heterocycles. The Morgan fingerprint density at radius 3 is 2.61 bits per heavy atom. The molecule has 2 amide bonds. The van der Waals surface area contributed by atoms with Crippen molar-refractivity contribution in [2.24, 2.45) is 11.8 Å². The highest BCUT2D eigenvalue weighted by Crippen LogP contribution is 2.63. The molecule has 1 spiro atoms. The van der Waals surface area contributed by atoms with Crippen LogP contribution in [0.15, 0.2) is 49.6 Å². The van der Waals surface area contributed by atoms with Gasteiger partial charge in [0.15, 0.2) is 0 Å². The van der Waals surface area contributed by atoms with Crippen LogP contribution in [-0.4, -0.2) is 70.8 Å². The molecule has 194 valence electrons. The van der Waals surface area contributed by atoms with E-state index in [0.29, 0.717) is 30.0 Å². The molecule has 3 aliphatic heterocycles. The molecule has 6 atom stereocenters. The number of aliphatic hydroxyl groups excluding tert-OH is 1. The molecular formula is C27H33ClN2O6. The largest absolute Gasteiger partial charge is 0.465 e. The predicted octanol–water partition coefficient (Wildman–Crippen LogP) is 3.12. The highest BCUT2D eigenvalue weighted by atomic mass is 35.5. The van der Waals surface area contributed by atoms with Crippen LogP contribution in [0, 0.1) is 11.8 Å². The lowest BCUT2D eigenvalue weighted by Crippen LogP contribution is -2.58. The minimum Gasteiger partial charge on any atom is -0.465 e. The lowest BCUT2D eigenvalue weighted by Gasteiger charge is -2.38. The summed E-state index contributed by atoms with van der Waals surface area (Å²) in [4.78, 5) is 44.4. The maximum absolute atomic E-state index is 14.3. The van der Waals surface area contributed by atoms with E-state index in [9.17, 15) is 19.5 Å². The summed E-state index contributed by atoms with van der Waals surface area (Å²) in [5.41, 5.74) is -1.55. The third kappa shape index (κ3) is 4.05. The maximum atomic E-state index is 14.3. The number of anilines is 1. The normalized spacial score (nSPS) is 31.2. The lowest BCUT2D eigenvalue weighted by atomic mass is 9.66. The zero-order valence-corrected chi connectivity index (χ0v) is 21.4. The average molecular weight is 517 g/mol. The minimum atomic E-state index is -1.21. The first-order valence-corrected chi connectivity index (χ1v) is 12.6. The number of amides is 2. The molecule has 1 aromatic rings. The van der Waals surface area contributed by atoms with Gasteiger partial charge in [0.05, 0.1) is 30.8 Å². The number of halogens is 1. The standard InChI is InChI=1S/C27H33ClN2O6/c1-5-7-15-35-25(34)21-20-23(32)30(17(3)16-31)22(27(20)13-12-26(21,4)36-27)24(33)29(14-6-2)19-10-8-18(28)9-11-19/h5-6,8-11,17,20-22,31H,1-2,7,12-16H2,3-4H3/t17-,20+,21-,22?,26+,27?/m1/s1. The second-order valence-electron chi connectivity index (χ2n) is 9.96. The molecule has 1 N–H and O–H groups in total. The van der Waals surface area contributed by atoms with E-state index in [1.165, 1.54) is 9.80 Å². The van der Waals surface area contributed by atoms with Crippen molar-refractivity contribution in [2.45, 2.75) is 56.4 Å². The fraction of sp³-hybridized carbons (Fsp3) is 0.519. The van der Waals surface area contributed by atoms with Crippen molar-refractivity contribution in [3.63, 3.8) is 0 Å². The molecule has 9 heteroatoms. The summed E-state index contributed by atoms with van der Waals surface area (Å²) in [6.45, 7) is 10.9. The van der Waals surface area contributed by atoms with Crippen molar-refractivity contribution >= 4 is 35.1 Å². The van der Waals surface area contributed by atoms with Crippen molar-refractivity contribution in [1.29, 1.82) is 0 Å². The second kappa shape index (κ2) is 10.00. The van der Waals surface area contributed by atoms with Crippen LogP contribution in [0.25, 0.3) is 0 Å². The van der Waals surface area contributed by atoms with E-state index in [-0.39, 0.29) is 31.6 Å². The molecule has 0 saturated carbocycles. The first-order chi connectivity index (χ1) is 17.1. The van der Waals surface area contributed by atoms with Gasteiger partial charge in [0.2, 0.25) is 5.91 Å². The van der Waals surface area contributed by atoms with Crippen LogP contribution in [0.4, 0.5) is 5.69 Å². The Labute approximate surface area is 216 Å². The van der Waals surface area contributed by atoms with Crippen LogP contribution in [0.2, 0.25) is 5.02 Å². The van der Waals surface area contributed by atoms with Crippen molar-refractivity contribution in [1.82, 2.24) is 4.90 Å². The van der Waals surface area contributed by atoms with E-state index in [1.807, 2.05) is 6.92 Å². The molecule has 0 radical (unpaired) electrons. The maximum Gasteiger partial charge on any atom is 0.312 e. The van der Waals surface area contributed by atoms with Gasteiger partial charge < -0.3 is 24.4 Å². The molecule has 3 fully saturated rings. The number of carbonyl (C=O) groups is 3. The van der Waals surface area contributed by atoms with Crippen molar-refractivity contribution in [2.75, 3.05) is 24.7 Å². The van der Waals surface area contributed by atoms with Crippen LogP contribution >= 0.6 is 11.6 Å². The Kier molecular flexibility index (Phi) is 7.33. The zero-order chi connectivity index (χ0) is 26.3. The number of ether oxygens (including phenoxy) is 2. The number of esters is 1. The molecule has 1 aromatic carbocycles. The Bertz CT molecular complexity index is 1060. The van der Waals surface area contributed by atoms with Crippen LogP contribution < -0.4 is 4.90 Å². The molecule has 0 aromatic heterocycles. The molecular weight excluding hydrogens is 484 g/mol. The van der Waals surface area contributed by atoms with Gasteiger partial charge in [0.25, 0.3) is 5.91 Å². The van der Waals surface area contributed by atoms with Crippen molar-refractivity contribution in [3.05, 3.63) is 54.6 Å². The number of hydrogen-bond donors (Lipinski definition) is 1. The number of hydrogen-bond acceptors (Lipinski definition) is 6. The number of nitrogens with zero attached hydrogens (tertiary/aromatic N) is 2. The van der Waals surface area contributed by atoms with Gasteiger partial charge in [-0.1, -0.05) is 23.8 Å². The Morgan fingerprint density at radius 2 is 2.00 bits per heavy atom. The van der Waals surface area contributed by atoms with E-state index >= 15 is 0 Å². The summed E-state index contributed by atoms with van der Waals surface area (Å²) >= 11 is 6.06. The zero-order valence-electron chi connectivity index (χ0n) is 20.7. The van der Waals surface area contributed by atoms with Gasteiger partial charge in [0, 0.05) is 17.3 Å². The van der Waals surface area contributed by atoms with Gasteiger partial charge in [-0.15, -0.1) is 13.2 Å². The van der Waals surface area contributed by atoms with Gasteiger partial charge in [-0.3, -0.25) is 14.4 Å². The lowest BCUT2D eigenvalue weighted by molar-refractivity contribution is -0.160. The van der Waals surface area contributed by atoms with Crippen LogP contribution in [0.5, 0.6) is 0 Å². The number of likely N-dealkylation sites (tertiary alicyclic amines) is 1. The number of aliphatic hydroxyl groups is 1. The summed E-state index contributed by atoms with van der Waals surface area (Å²) in [7, 11) is 0. The summed E-state index contributed by atoms with van der Waals surface area (Å²) in [5, 5.41) is 10.5. The van der Waals surface area contributed by atoms with E-state index in [0.717, 1.165) is 0 Å². The number of fused-ring (bicyclic) bond motifs is 1. The molecule has 2 unspecified atom stereocenters. The fourth-order valence-electron chi connectivity index (χ4n) is 6.12. The first-order valence-electron chi connectivity index (χ1n) is 12.2. The molecule has 4 rings (SSSR count). The molecule has 2 bridgehead atoms. The fourth-order valence-corrected chi connectivity index (χ4v) is 6.24. The topological polar surface area (TPSA) is 96.4 Å². The van der Waals surface area contributed by atoms with E-state index < -0.39 is 41.1 Å². The highest BCUT2D eigenvalue weighted by molar-refractivity contribution is 6.30. The van der Waals surface area contributed by atoms with Gasteiger partial charge in [-0.2, -0.15) is 0 Å². The van der Waals surface area contributed by atoms with E-state index in [2.05, 4.69) is 13.2 Å². The molecule has 0 aliphatic carbocycles. The van der Waals surface area contributed by atoms with E-state index in [4.69, 9.17) is 21.1 Å². The Balaban J connectivity index is 1.77. The monoisotopic (exact) mass is 516 g/mol. The predicted molar refractivity (Wildman–Crippen MR) is 135 cm³/mol. The van der Waals surface area contributed by atoms with Crippen LogP contribution in [0.3, 0.4) is 0 Å². The number of benzene rings is 1. The van der Waals surface area contributed by atoms with Crippen LogP contribution in [-0.2, 0) is 23.9 Å². The summed E-state index contributed by atoms with van der Waals surface area (Å²) < 4.78 is 12.1. The van der Waals surface area contributed by atoms with Gasteiger partial charge in [-0.05, 0) is 57.4 Å². The molecule has 3 heterocycles. The molecule has 8 nitrogen and oxygen atoms in total. The SMILES string of the molecule is C=CCCOC(=O)[C@H]1[C@H]2C(=O)N([C@H](C)CO)C(C(=O)N(CC=C)c3ccc(Cl)cc3)C23CC[C@]1(C)O3. The van der Waals surface area contributed by atoms with Crippen molar-refractivity contribution < 1.29 is 29.0 Å². The van der Waals surface area contributed by atoms with Crippen molar-refractivity contribution in [3.8, 4) is 0 Å². The Hall–Kier alpha value is -2.68. The Morgan fingerprint density at radius 1 is 1.31 bits per heavy atom. The van der Waals surface area contributed by atoms with E-state index in [1.54, 1.807) is 43.3 Å². The quantitative estimate of drug-likeness (QED) is 0.291. The number of rotatable bonds is 10. The van der Waals surface area contributed by atoms with Gasteiger partial charge in [0.1, 0.15) is 17.6 Å². The smallest absolute Gasteiger partial charge is 0.312 e.